The van der Waals surface area contributed by atoms with Crippen molar-refractivity contribution in [3.05, 3.63) is 63.9 Å². The van der Waals surface area contributed by atoms with E-state index in [1.54, 1.807) is 12.1 Å². The van der Waals surface area contributed by atoms with E-state index in [-0.39, 0.29) is 18.0 Å². The largest absolute Gasteiger partial charge is 0.484 e. The highest BCUT2D eigenvalue weighted by atomic mass is 79.9. The van der Waals surface area contributed by atoms with Crippen LogP contribution in [0.25, 0.3) is 0 Å². The van der Waals surface area contributed by atoms with Gasteiger partial charge in [-0.1, -0.05) is 24.3 Å². The van der Waals surface area contributed by atoms with Gasteiger partial charge in [0.2, 0.25) is 0 Å². The van der Waals surface area contributed by atoms with Crippen LogP contribution in [0.3, 0.4) is 0 Å². The number of halogens is 2. The van der Waals surface area contributed by atoms with Gasteiger partial charge in [0.05, 0.1) is 4.47 Å². The zero-order valence-corrected chi connectivity index (χ0v) is 13.0. The fraction of sp³-hybridized carbons (Fsp3) is 0.250. The summed E-state index contributed by atoms with van der Waals surface area (Å²) in [7, 11) is 0. The molecule has 0 aliphatic carbocycles. The van der Waals surface area contributed by atoms with E-state index in [9.17, 15) is 4.39 Å². The Hall–Kier alpha value is -1.39. The van der Waals surface area contributed by atoms with Crippen molar-refractivity contribution in [3.8, 4) is 5.75 Å². The van der Waals surface area contributed by atoms with Crippen molar-refractivity contribution in [2.75, 3.05) is 0 Å². The highest BCUT2D eigenvalue weighted by Crippen LogP contribution is 2.28. The first-order chi connectivity index (χ1) is 9.49. The molecule has 0 heterocycles. The Labute approximate surface area is 126 Å². The van der Waals surface area contributed by atoms with Crippen molar-refractivity contribution < 1.29 is 9.13 Å². The number of nitrogens with two attached hydrogens (primary N) is 1. The van der Waals surface area contributed by atoms with Gasteiger partial charge in [-0.2, -0.15) is 0 Å². The fourth-order valence-corrected chi connectivity index (χ4v) is 2.30. The van der Waals surface area contributed by atoms with Crippen LogP contribution in [0.2, 0.25) is 0 Å². The van der Waals surface area contributed by atoms with Crippen molar-refractivity contribution >= 4 is 15.9 Å². The zero-order chi connectivity index (χ0) is 14.7. The molecule has 2 unspecified atom stereocenters. The first-order valence-corrected chi connectivity index (χ1v) is 7.21. The summed E-state index contributed by atoms with van der Waals surface area (Å²) in [5, 5.41) is 0. The van der Waals surface area contributed by atoms with Crippen LogP contribution in [0, 0.1) is 12.7 Å². The minimum atomic E-state index is -0.351. The first-order valence-electron chi connectivity index (χ1n) is 6.42. The summed E-state index contributed by atoms with van der Waals surface area (Å²) < 4.78 is 19.9. The van der Waals surface area contributed by atoms with Gasteiger partial charge in [0.15, 0.2) is 0 Å². The first kappa shape index (κ1) is 15.0. The van der Waals surface area contributed by atoms with Gasteiger partial charge in [-0.25, -0.2) is 4.39 Å². The standard InChI is InChI=1S/C16H17BrFNO/c1-10-5-3-4-6-13(10)16(11(2)19)20-12-7-8-14(17)15(18)9-12/h3-9,11,16H,19H2,1-2H3. The minimum absolute atomic E-state index is 0.206. The summed E-state index contributed by atoms with van der Waals surface area (Å²) in [6.45, 7) is 3.89. The highest BCUT2D eigenvalue weighted by molar-refractivity contribution is 9.10. The molecule has 0 aliphatic rings. The molecule has 0 spiro atoms. The van der Waals surface area contributed by atoms with Crippen LogP contribution in [0.5, 0.6) is 5.75 Å². The van der Waals surface area contributed by atoms with Crippen LogP contribution in [0.4, 0.5) is 4.39 Å². The molecule has 0 saturated carbocycles. The molecule has 0 aromatic heterocycles. The molecular formula is C16H17BrFNO. The van der Waals surface area contributed by atoms with Crippen LogP contribution in [0.1, 0.15) is 24.2 Å². The molecule has 2 aromatic carbocycles. The van der Waals surface area contributed by atoms with Crippen molar-refractivity contribution in [3.63, 3.8) is 0 Å². The van der Waals surface area contributed by atoms with E-state index < -0.39 is 0 Å². The number of hydrogen-bond acceptors (Lipinski definition) is 2. The monoisotopic (exact) mass is 337 g/mol. The van der Waals surface area contributed by atoms with Gasteiger partial charge in [0, 0.05) is 12.1 Å². The highest BCUT2D eigenvalue weighted by Gasteiger charge is 2.20. The van der Waals surface area contributed by atoms with E-state index in [4.69, 9.17) is 10.5 Å². The van der Waals surface area contributed by atoms with Crippen molar-refractivity contribution in [1.29, 1.82) is 0 Å². The minimum Gasteiger partial charge on any atom is -0.484 e. The summed E-state index contributed by atoms with van der Waals surface area (Å²) in [6, 6.07) is 12.4. The van der Waals surface area contributed by atoms with E-state index in [2.05, 4.69) is 15.9 Å². The molecule has 0 saturated heterocycles. The summed E-state index contributed by atoms with van der Waals surface area (Å²) in [6.07, 6.45) is -0.309. The molecular weight excluding hydrogens is 321 g/mol. The molecule has 0 radical (unpaired) electrons. The van der Waals surface area contributed by atoms with Crippen LogP contribution < -0.4 is 10.5 Å². The molecule has 106 valence electrons. The van der Waals surface area contributed by atoms with Crippen LogP contribution >= 0.6 is 15.9 Å². The maximum Gasteiger partial charge on any atom is 0.141 e. The topological polar surface area (TPSA) is 35.2 Å². The Bertz CT molecular complexity index is 601. The van der Waals surface area contributed by atoms with Gasteiger partial charge < -0.3 is 10.5 Å². The average Bonchev–Trinajstić information content (AvgIpc) is 2.41. The van der Waals surface area contributed by atoms with Gasteiger partial charge in [-0.3, -0.25) is 0 Å². The number of aryl methyl sites for hydroxylation is 1. The molecule has 2 rings (SSSR count). The van der Waals surface area contributed by atoms with E-state index in [1.807, 2.05) is 38.1 Å². The normalized spacial score (nSPS) is 13.8. The lowest BCUT2D eigenvalue weighted by Gasteiger charge is -2.24. The maximum atomic E-state index is 13.6. The molecule has 0 fully saturated rings. The summed E-state index contributed by atoms with van der Waals surface area (Å²) in [4.78, 5) is 0. The lowest BCUT2D eigenvalue weighted by Crippen LogP contribution is -2.29. The Balaban J connectivity index is 2.31. The molecule has 2 nitrogen and oxygen atoms in total. The lowest BCUT2D eigenvalue weighted by atomic mass is 9.99. The Kier molecular flexibility index (Phi) is 4.78. The van der Waals surface area contributed by atoms with E-state index >= 15 is 0 Å². The predicted octanol–water partition coefficient (Wildman–Crippen LogP) is 4.36. The SMILES string of the molecule is Cc1ccccc1C(Oc1ccc(Br)c(F)c1)C(C)N. The molecule has 2 atom stereocenters. The van der Waals surface area contributed by atoms with Crippen LogP contribution in [-0.4, -0.2) is 6.04 Å². The summed E-state index contributed by atoms with van der Waals surface area (Å²) in [5.74, 6) is 0.118. The quantitative estimate of drug-likeness (QED) is 0.899. The summed E-state index contributed by atoms with van der Waals surface area (Å²) in [5.41, 5.74) is 8.15. The van der Waals surface area contributed by atoms with E-state index in [0.717, 1.165) is 11.1 Å². The second kappa shape index (κ2) is 6.37. The third kappa shape index (κ3) is 3.38. The third-order valence-electron chi connectivity index (χ3n) is 3.13. The van der Waals surface area contributed by atoms with Crippen LogP contribution in [0.15, 0.2) is 46.9 Å². The lowest BCUT2D eigenvalue weighted by molar-refractivity contribution is 0.179. The Morgan fingerprint density at radius 1 is 1.20 bits per heavy atom. The fourth-order valence-electron chi connectivity index (χ4n) is 2.06. The van der Waals surface area contributed by atoms with Crippen molar-refractivity contribution in [1.82, 2.24) is 0 Å². The number of rotatable bonds is 4. The second-order valence-corrected chi connectivity index (χ2v) is 5.68. The van der Waals surface area contributed by atoms with E-state index in [1.165, 1.54) is 6.07 Å². The molecule has 0 aliphatic heterocycles. The molecule has 0 amide bonds. The average molecular weight is 338 g/mol. The smallest absolute Gasteiger partial charge is 0.141 e. The maximum absolute atomic E-state index is 13.6. The molecule has 2 aromatic rings. The van der Waals surface area contributed by atoms with Crippen LogP contribution in [-0.2, 0) is 0 Å². The molecule has 4 heteroatoms. The van der Waals surface area contributed by atoms with Gasteiger partial charge in [-0.15, -0.1) is 0 Å². The van der Waals surface area contributed by atoms with Gasteiger partial charge in [0.1, 0.15) is 17.7 Å². The zero-order valence-electron chi connectivity index (χ0n) is 11.4. The predicted molar refractivity (Wildman–Crippen MR) is 82.3 cm³/mol. The number of benzene rings is 2. The van der Waals surface area contributed by atoms with Gasteiger partial charge in [0.25, 0.3) is 0 Å². The molecule has 2 N–H and O–H groups in total. The third-order valence-corrected chi connectivity index (χ3v) is 3.77. The van der Waals surface area contributed by atoms with Gasteiger partial charge in [-0.05, 0) is 53.0 Å². The summed E-state index contributed by atoms with van der Waals surface area (Å²) >= 11 is 3.13. The second-order valence-electron chi connectivity index (χ2n) is 4.83. The van der Waals surface area contributed by atoms with Crippen molar-refractivity contribution in [2.45, 2.75) is 26.0 Å². The van der Waals surface area contributed by atoms with Gasteiger partial charge >= 0.3 is 0 Å². The number of ether oxygens (including phenoxy) is 1. The molecule has 20 heavy (non-hydrogen) atoms. The number of hydrogen-bond donors (Lipinski definition) is 1. The van der Waals surface area contributed by atoms with E-state index in [0.29, 0.717) is 10.2 Å². The Morgan fingerprint density at radius 2 is 1.90 bits per heavy atom. The molecule has 0 bridgehead atoms. The Morgan fingerprint density at radius 3 is 2.50 bits per heavy atom. The van der Waals surface area contributed by atoms with Crippen molar-refractivity contribution in [2.24, 2.45) is 5.73 Å².